The first-order valence-electron chi connectivity index (χ1n) is 8.13. The minimum Gasteiger partial charge on any atom is -0.380 e. The molecular weight excluding hydrogens is 372 g/mol. The number of benzene rings is 2. The summed E-state index contributed by atoms with van der Waals surface area (Å²) >= 11 is 0. The van der Waals surface area contributed by atoms with Crippen LogP contribution in [0.3, 0.4) is 0 Å². The minimum atomic E-state index is -0.210. The summed E-state index contributed by atoms with van der Waals surface area (Å²) in [6.07, 6.45) is 2.40. The van der Waals surface area contributed by atoms with E-state index in [1.54, 1.807) is 20.3 Å². The van der Waals surface area contributed by atoms with Gasteiger partial charge < -0.3 is 9.47 Å². The summed E-state index contributed by atoms with van der Waals surface area (Å²) in [5, 5.41) is 0. The molecule has 0 aliphatic heterocycles. The molecule has 2 aromatic rings. The van der Waals surface area contributed by atoms with E-state index in [9.17, 15) is 0 Å². The number of ether oxygens (including phenoxy) is 2. The molecule has 0 fully saturated rings. The van der Waals surface area contributed by atoms with Gasteiger partial charge in [0.2, 0.25) is 0 Å². The molecule has 6 heteroatoms. The molecule has 2 rings (SSSR count). The fourth-order valence-electron chi connectivity index (χ4n) is 3.04. The molecule has 0 heterocycles. The zero-order valence-electron chi connectivity index (χ0n) is 14.8. The first-order valence-corrected chi connectivity index (χ1v) is 10.6. The molecule has 25 heavy (non-hydrogen) atoms. The van der Waals surface area contributed by atoms with Gasteiger partial charge in [-0.3, -0.25) is 0 Å². The molecule has 2 nitrogen and oxygen atoms in total. The lowest BCUT2D eigenvalue weighted by atomic mass is 9.91. The summed E-state index contributed by atoms with van der Waals surface area (Å²) in [5.74, 6) is -0.210. The highest BCUT2D eigenvalue weighted by molar-refractivity contribution is 7.16. The van der Waals surface area contributed by atoms with Gasteiger partial charge in [-0.15, -0.1) is 27.7 Å². The molecule has 0 saturated heterocycles. The smallest absolute Gasteiger partial charge is 0.131 e. The van der Waals surface area contributed by atoms with E-state index in [0.717, 1.165) is 34.6 Å². The number of hydrogen-bond donors (Lipinski definition) is 0. The first kappa shape index (κ1) is 20.9. The van der Waals surface area contributed by atoms with Crippen molar-refractivity contribution in [1.82, 2.24) is 0 Å². The molecule has 0 saturated carbocycles. The van der Waals surface area contributed by atoms with Gasteiger partial charge in [-0.25, -0.2) is 4.39 Å². The Labute approximate surface area is 156 Å². The second kappa shape index (κ2) is 10.1. The van der Waals surface area contributed by atoms with Crippen LogP contribution in [0.5, 0.6) is 0 Å². The fourth-order valence-corrected chi connectivity index (χ4v) is 4.04. The van der Waals surface area contributed by atoms with Gasteiger partial charge in [-0.2, -0.15) is 0 Å². The molecule has 0 amide bonds. The molecule has 0 aliphatic rings. The molecule has 3 unspecified atom stereocenters. The van der Waals surface area contributed by atoms with E-state index in [2.05, 4.69) is 39.9 Å². The zero-order chi connectivity index (χ0) is 18.4. The Balaban J connectivity index is 2.75. The van der Waals surface area contributed by atoms with Gasteiger partial charge in [0.15, 0.2) is 0 Å². The van der Waals surface area contributed by atoms with Crippen molar-refractivity contribution in [3.05, 3.63) is 57.9 Å². The molecule has 2 aromatic carbocycles. The lowest BCUT2D eigenvalue weighted by molar-refractivity contribution is 0.183. The number of methoxy groups -OCH3 is 2. The van der Waals surface area contributed by atoms with E-state index in [4.69, 9.17) is 9.47 Å². The Morgan fingerprint density at radius 1 is 0.760 bits per heavy atom. The topological polar surface area (TPSA) is 18.5 Å². The van der Waals surface area contributed by atoms with E-state index in [1.807, 2.05) is 6.07 Å². The lowest BCUT2D eigenvalue weighted by Gasteiger charge is -2.19. The van der Waals surface area contributed by atoms with Crippen molar-refractivity contribution in [3.63, 3.8) is 0 Å². The summed E-state index contributed by atoms with van der Waals surface area (Å²) in [6, 6.07) is 7.86. The number of rotatable bonds is 8. The average molecular weight is 398 g/mol. The lowest BCUT2D eigenvalue weighted by Crippen LogP contribution is -2.03. The molecule has 0 radical (unpaired) electrons. The van der Waals surface area contributed by atoms with Gasteiger partial charge in [0.05, 0.1) is 13.2 Å². The maximum Gasteiger partial charge on any atom is 0.131 e. The van der Waals surface area contributed by atoms with Crippen LogP contribution >= 0.6 is 27.7 Å². The predicted octanol–water partition coefficient (Wildman–Crippen LogP) is 4.91. The second-order valence-electron chi connectivity index (χ2n) is 5.87. The van der Waals surface area contributed by atoms with E-state index in [0.29, 0.717) is 24.9 Å². The van der Waals surface area contributed by atoms with Crippen molar-refractivity contribution >= 4 is 27.7 Å². The highest BCUT2D eigenvalue weighted by Gasteiger charge is 2.18. The van der Waals surface area contributed by atoms with Crippen LogP contribution < -0.4 is 0 Å². The van der Waals surface area contributed by atoms with E-state index in [-0.39, 0.29) is 5.82 Å². The van der Waals surface area contributed by atoms with Crippen LogP contribution in [0.2, 0.25) is 0 Å². The summed E-state index contributed by atoms with van der Waals surface area (Å²) in [5.41, 5.74) is 6.76. The van der Waals surface area contributed by atoms with Gasteiger partial charge in [-0.1, -0.05) is 18.2 Å². The van der Waals surface area contributed by atoms with Crippen LogP contribution in [-0.2, 0) is 41.2 Å². The Hall–Kier alpha value is -0.420. The van der Waals surface area contributed by atoms with Crippen molar-refractivity contribution < 1.29 is 13.9 Å². The SMILES string of the molecule is COCc1cc(CP)c(CP)cc1-c1c(F)cc(CP)cc1COC. The highest BCUT2D eigenvalue weighted by Crippen LogP contribution is 2.35. The van der Waals surface area contributed by atoms with Gasteiger partial charge in [0.25, 0.3) is 0 Å². The summed E-state index contributed by atoms with van der Waals surface area (Å²) in [7, 11) is 11.5. The Bertz CT molecular complexity index is 735. The molecular formula is C19H26FO2P3. The van der Waals surface area contributed by atoms with Crippen LogP contribution in [0.1, 0.15) is 27.8 Å². The molecule has 0 N–H and O–H groups in total. The average Bonchev–Trinajstić information content (AvgIpc) is 2.62. The van der Waals surface area contributed by atoms with Crippen molar-refractivity contribution in [3.8, 4) is 11.1 Å². The van der Waals surface area contributed by atoms with Crippen LogP contribution in [-0.4, -0.2) is 14.2 Å². The Kier molecular flexibility index (Phi) is 8.40. The van der Waals surface area contributed by atoms with Crippen molar-refractivity contribution in [2.45, 2.75) is 31.7 Å². The Morgan fingerprint density at radius 2 is 1.36 bits per heavy atom. The van der Waals surface area contributed by atoms with Crippen LogP contribution in [0.25, 0.3) is 11.1 Å². The molecule has 136 valence electrons. The summed E-state index contributed by atoms with van der Waals surface area (Å²) < 4.78 is 25.7. The number of hydrogen-bond acceptors (Lipinski definition) is 2. The molecule has 3 atom stereocenters. The highest BCUT2D eigenvalue weighted by atomic mass is 31.0. The Morgan fingerprint density at radius 3 is 1.92 bits per heavy atom. The van der Waals surface area contributed by atoms with Crippen LogP contribution in [0.15, 0.2) is 24.3 Å². The third-order valence-electron chi connectivity index (χ3n) is 4.20. The van der Waals surface area contributed by atoms with Crippen molar-refractivity contribution in [1.29, 1.82) is 0 Å². The maximum absolute atomic E-state index is 15.0. The predicted molar refractivity (Wildman–Crippen MR) is 114 cm³/mol. The zero-order valence-corrected chi connectivity index (χ0v) is 18.2. The molecule has 0 aliphatic carbocycles. The van der Waals surface area contributed by atoms with Gasteiger partial charge in [0.1, 0.15) is 5.82 Å². The number of halogens is 1. The van der Waals surface area contributed by atoms with Gasteiger partial charge in [-0.05, 0) is 57.9 Å². The third-order valence-corrected chi connectivity index (χ3v) is 5.55. The quantitative estimate of drug-likeness (QED) is 0.589. The van der Waals surface area contributed by atoms with Gasteiger partial charge in [0, 0.05) is 19.8 Å². The molecule has 0 bridgehead atoms. The van der Waals surface area contributed by atoms with E-state index in [1.165, 1.54) is 11.1 Å². The maximum atomic E-state index is 15.0. The minimum absolute atomic E-state index is 0.210. The summed E-state index contributed by atoms with van der Waals surface area (Å²) in [4.78, 5) is 0. The fraction of sp³-hybridized carbons (Fsp3) is 0.368. The van der Waals surface area contributed by atoms with E-state index < -0.39 is 0 Å². The standard InChI is InChI=1S/C19H26FO2P3/c1-21-7-13-5-15(10-24)16(11-25)6-17(13)19-14(8-22-2)3-12(9-23)4-18(19)20/h3-6H,7-11,23-25H2,1-2H3. The first-order chi connectivity index (χ1) is 12.1. The second-order valence-corrected chi connectivity index (χ2v) is 7.09. The van der Waals surface area contributed by atoms with E-state index >= 15 is 4.39 Å². The third kappa shape index (κ3) is 4.85. The molecule has 0 spiro atoms. The normalized spacial score (nSPS) is 11.1. The monoisotopic (exact) mass is 398 g/mol. The van der Waals surface area contributed by atoms with Crippen molar-refractivity contribution in [2.24, 2.45) is 0 Å². The van der Waals surface area contributed by atoms with Crippen LogP contribution in [0.4, 0.5) is 4.39 Å². The summed E-state index contributed by atoms with van der Waals surface area (Å²) in [6.45, 7) is 0.820. The van der Waals surface area contributed by atoms with Gasteiger partial charge >= 0.3 is 0 Å². The van der Waals surface area contributed by atoms with Crippen LogP contribution in [0, 0.1) is 5.82 Å². The molecule has 0 aromatic heterocycles. The van der Waals surface area contributed by atoms with Crippen molar-refractivity contribution in [2.75, 3.05) is 14.2 Å². The largest absolute Gasteiger partial charge is 0.380 e.